The molecule has 0 N–H and O–H groups in total. The first-order valence-electron chi connectivity index (χ1n) is 4.88. The van der Waals surface area contributed by atoms with Gasteiger partial charge < -0.3 is 0 Å². The minimum Gasteiger partial charge on any atom is -0.207 e. The maximum atomic E-state index is 12.8. The quantitative estimate of drug-likeness (QED) is 0.784. The summed E-state index contributed by atoms with van der Waals surface area (Å²) in [5, 5.41) is 0.239. The van der Waals surface area contributed by atoms with E-state index >= 15 is 0 Å². The zero-order chi connectivity index (χ0) is 13.3. The molecule has 2 aromatic rings. The second-order valence-corrected chi connectivity index (χ2v) is 6.56. The van der Waals surface area contributed by atoms with Crippen molar-refractivity contribution in [3.8, 4) is 11.1 Å². The smallest absolute Gasteiger partial charge is 0.207 e. The minimum atomic E-state index is -3.80. The molecule has 0 atom stereocenters. The lowest BCUT2D eigenvalue weighted by Crippen LogP contribution is -1.91. The van der Waals surface area contributed by atoms with E-state index in [0.717, 1.165) is 0 Å². The van der Waals surface area contributed by atoms with E-state index in [0.29, 0.717) is 11.1 Å². The predicted molar refractivity (Wildman–Crippen MR) is 69.9 cm³/mol. The second-order valence-electron chi connectivity index (χ2n) is 3.59. The standard InChI is InChI=1S/C12H7Cl2FO2S/c13-12-7-10(18(14,16)17)5-6-11(12)8-1-3-9(15)4-2-8/h1-7H. The van der Waals surface area contributed by atoms with Crippen molar-refractivity contribution in [1.82, 2.24) is 0 Å². The molecule has 0 spiro atoms. The minimum absolute atomic E-state index is 0.0694. The van der Waals surface area contributed by atoms with Gasteiger partial charge in [0, 0.05) is 21.3 Å². The molecule has 2 nitrogen and oxygen atoms in total. The van der Waals surface area contributed by atoms with Gasteiger partial charge in [-0.15, -0.1) is 0 Å². The highest BCUT2D eigenvalue weighted by molar-refractivity contribution is 8.13. The third-order valence-electron chi connectivity index (χ3n) is 2.38. The molecule has 0 heterocycles. The highest BCUT2D eigenvalue weighted by atomic mass is 35.7. The number of hydrogen-bond donors (Lipinski definition) is 0. The molecule has 2 rings (SSSR count). The molecule has 0 aliphatic heterocycles. The van der Waals surface area contributed by atoms with Crippen molar-refractivity contribution in [2.75, 3.05) is 0 Å². The third-order valence-corrected chi connectivity index (χ3v) is 4.04. The van der Waals surface area contributed by atoms with E-state index in [1.807, 2.05) is 0 Å². The van der Waals surface area contributed by atoms with Gasteiger partial charge in [0.05, 0.1) is 4.90 Å². The van der Waals surface area contributed by atoms with Gasteiger partial charge in [0.2, 0.25) is 0 Å². The van der Waals surface area contributed by atoms with Crippen LogP contribution in [0, 0.1) is 5.82 Å². The van der Waals surface area contributed by atoms with Crippen LogP contribution in [0.15, 0.2) is 47.4 Å². The third kappa shape index (κ3) is 2.83. The van der Waals surface area contributed by atoms with E-state index in [1.54, 1.807) is 12.1 Å². The Morgan fingerprint density at radius 2 is 1.61 bits per heavy atom. The van der Waals surface area contributed by atoms with Crippen molar-refractivity contribution in [2.45, 2.75) is 4.90 Å². The molecule has 0 aliphatic rings. The van der Waals surface area contributed by atoms with Gasteiger partial charge in [-0.25, -0.2) is 12.8 Å². The van der Waals surface area contributed by atoms with Gasteiger partial charge in [-0.3, -0.25) is 0 Å². The normalized spacial score (nSPS) is 11.5. The fraction of sp³-hybridized carbons (Fsp3) is 0. The Hall–Kier alpha value is -1.10. The summed E-state index contributed by atoms with van der Waals surface area (Å²) >= 11 is 5.99. The molecule has 0 saturated carbocycles. The van der Waals surface area contributed by atoms with Gasteiger partial charge in [0.1, 0.15) is 5.82 Å². The summed E-state index contributed by atoms with van der Waals surface area (Å²) < 4.78 is 35.1. The van der Waals surface area contributed by atoms with Crippen molar-refractivity contribution >= 4 is 31.3 Å². The Morgan fingerprint density at radius 1 is 1.00 bits per heavy atom. The first-order chi connectivity index (χ1) is 8.38. The van der Waals surface area contributed by atoms with E-state index in [2.05, 4.69) is 0 Å². The topological polar surface area (TPSA) is 34.1 Å². The van der Waals surface area contributed by atoms with E-state index < -0.39 is 9.05 Å². The summed E-state index contributed by atoms with van der Waals surface area (Å²) in [7, 11) is 1.41. The van der Waals surface area contributed by atoms with Gasteiger partial charge >= 0.3 is 0 Å². The summed E-state index contributed by atoms with van der Waals surface area (Å²) in [5.41, 5.74) is 1.31. The van der Waals surface area contributed by atoms with Crippen molar-refractivity contribution in [2.24, 2.45) is 0 Å². The number of rotatable bonds is 2. The van der Waals surface area contributed by atoms with Crippen molar-refractivity contribution < 1.29 is 12.8 Å². The molecule has 0 aliphatic carbocycles. The van der Waals surface area contributed by atoms with Crippen LogP contribution in [-0.2, 0) is 9.05 Å². The van der Waals surface area contributed by atoms with Gasteiger partial charge in [-0.2, -0.15) is 0 Å². The van der Waals surface area contributed by atoms with Crippen LogP contribution >= 0.6 is 22.3 Å². The molecule has 0 amide bonds. The molecule has 18 heavy (non-hydrogen) atoms. The lowest BCUT2D eigenvalue weighted by Gasteiger charge is -2.06. The average Bonchev–Trinajstić information content (AvgIpc) is 2.29. The Morgan fingerprint density at radius 3 is 2.11 bits per heavy atom. The fourth-order valence-corrected chi connectivity index (χ4v) is 2.64. The number of hydrogen-bond acceptors (Lipinski definition) is 2. The summed E-state index contributed by atoms with van der Waals surface area (Å²) in [6.45, 7) is 0. The Bertz CT molecular complexity index is 682. The predicted octanol–water partition coefficient (Wildman–Crippen LogP) is 4.07. The van der Waals surface area contributed by atoms with Crippen LogP contribution in [0.1, 0.15) is 0 Å². The second kappa shape index (κ2) is 4.88. The molecule has 6 heteroatoms. The van der Waals surface area contributed by atoms with Gasteiger partial charge in [-0.1, -0.05) is 29.8 Å². The first-order valence-corrected chi connectivity index (χ1v) is 7.57. The molecular formula is C12H7Cl2FO2S. The molecule has 0 bridgehead atoms. The van der Waals surface area contributed by atoms with E-state index in [9.17, 15) is 12.8 Å². The van der Waals surface area contributed by atoms with Crippen LogP contribution < -0.4 is 0 Å². The molecule has 94 valence electrons. The molecule has 0 radical (unpaired) electrons. The average molecular weight is 305 g/mol. The molecule has 0 unspecified atom stereocenters. The Balaban J connectivity index is 2.51. The maximum Gasteiger partial charge on any atom is 0.261 e. The summed E-state index contributed by atoms with van der Waals surface area (Å²) in [6, 6.07) is 9.88. The Labute approximate surface area is 113 Å². The molecule has 0 saturated heterocycles. The summed E-state index contributed by atoms with van der Waals surface area (Å²) in [6.07, 6.45) is 0. The molecule has 0 aromatic heterocycles. The molecule has 2 aromatic carbocycles. The van der Waals surface area contributed by atoms with Gasteiger partial charge in [-0.05, 0) is 29.8 Å². The van der Waals surface area contributed by atoms with Crippen LogP contribution in [-0.4, -0.2) is 8.42 Å². The lowest BCUT2D eigenvalue weighted by molar-refractivity contribution is 0.609. The SMILES string of the molecule is O=S(=O)(Cl)c1ccc(-c2ccc(F)cc2)c(Cl)c1. The molecular weight excluding hydrogens is 298 g/mol. The monoisotopic (exact) mass is 304 g/mol. The van der Waals surface area contributed by atoms with E-state index in [-0.39, 0.29) is 15.7 Å². The Kier molecular flexibility index (Phi) is 3.61. The summed E-state index contributed by atoms with van der Waals surface area (Å²) in [4.78, 5) is -0.0694. The van der Waals surface area contributed by atoms with Crippen LogP contribution in [0.4, 0.5) is 4.39 Å². The molecule has 0 fully saturated rings. The van der Waals surface area contributed by atoms with Gasteiger partial charge in [0.15, 0.2) is 0 Å². The highest BCUT2D eigenvalue weighted by Crippen LogP contribution is 2.31. The highest BCUT2D eigenvalue weighted by Gasteiger charge is 2.13. The van der Waals surface area contributed by atoms with Gasteiger partial charge in [0.25, 0.3) is 9.05 Å². The maximum absolute atomic E-state index is 12.8. The van der Waals surface area contributed by atoms with Crippen LogP contribution in [0.5, 0.6) is 0 Å². The zero-order valence-electron chi connectivity index (χ0n) is 8.90. The van der Waals surface area contributed by atoms with E-state index in [4.69, 9.17) is 22.3 Å². The van der Waals surface area contributed by atoms with E-state index in [1.165, 1.54) is 30.3 Å². The zero-order valence-corrected chi connectivity index (χ0v) is 11.2. The van der Waals surface area contributed by atoms with Crippen molar-refractivity contribution in [1.29, 1.82) is 0 Å². The number of halogens is 3. The number of benzene rings is 2. The summed E-state index contributed by atoms with van der Waals surface area (Å²) in [5.74, 6) is -0.352. The van der Waals surface area contributed by atoms with Crippen molar-refractivity contribution in [3.05, 3.63) is 53.3 Å². The fourth-order valence-electron chi connectivity index (χ4n) is 1.51. The first kappa shape index (κ1) is 13.3. The van der Waals surface area contributed by atoms with Crippen LogP contribution in [0.25, 0.3) is 11.1 Å². The lowest BCUT2D eigenvalue weighted by atomic mass is 10.1. The largest absolute Gasteiger partial charge is 0.261 e. The van der Waals surface area contributed by atoms with Crippen LogP contribution in [0.2, 0.25) is 5.02 Å². The van der Waals surface area contributed by atoms with Crippen molar-refractivity contribution in [3.63, 3.8) is 0 Å². The van der Waals surface area contributed by atoms with Crippen LogP contribution in [0.3, 0.4) is 0 Å².